The van der Waals surface area contributed by atoms with E-state index < -0.39 is 29.4 Å². The van der Waals surface area contributed by atoms with Gasteiger partial charge in [-0.25, -0.2) is 0 Å². The van der Waals surface area contributed by atoms with E-state index in [4.69, 9.17) is 10.5 Å². The Balaban J connectivity index is 4.08. The number of carbonyl (C=O) groups is 3. The highest BCUT2D eigenvalue weighted by Crippen LogP contribution is 2.09. The lowest BCUT2D eigenvalue weighted by Gasteiger charge is -2.21. The second kappa shape index (κ2) is 6.34. The smallest absolute Gasteiger partial charge is 0.323 e. The van der Waals surface area contributed by atoms with Gasteiger partial charge in [-0.3, -0.25) is 14.4 Å². The van der Waals surface area contributed by atoms with Crippen LogP contribution >= 0.6 is 0 Å². The molecular formula is C11H19NO5. The van der Waals surface area contributed by atoms with Crippen LogP contribution in [0.4, 0.5) is 0 Å². The van der Waals surface area contributed by atoms with Crippen molar-refractivity contribution in [1.29, 1.82) is 0 Å². The quantitative estimate of drug-likeness (QED) is 0.694. The Morgan fingerprint density at radius 2 is 1.76 bits per heavy atom. The fourth-order valence-corrected chi connectivity index (χ4v) is 0.947. The molecule has 0 aromatic heterocycles. The van der Waals surface area contributed by atoms with E-state index in [9.17, 15) is 14.4 Å². The van der Waals surface area contributed by atoms with Crippen LogP contribution in [-0.4, -0.2) is 36.0 Å². The van der Waals surface area contributed by atoms with Gasteiger partial charge in [-0.1, -0.05) is 0 Å². The highest BCUT2D eigenvalue weighted by Gasteiger charge is 2.24. The van der Waals surface area contributed by atoms with Crippen molar-refractivity contribution < 1.29 is 23.9 Å². The molecule has 17 heavy (non-hydrogen) atoms. The van der Waals surface area contributed by atoms with E-state index in [1.54, 1.807) is 20.8 Å². The molecule has 0 aromatic rings. The Morgan fingerprint density at radius 3 is 2.18 bits per heavy atom. The number of ether oxygens (including phenoxy) is 2. The number of Topliss-reactive ketones (excluding diaryl/α,β-unsaturated/α-hetero) is 1. The van der Waals surface area contributed by atoms with E-state index in [-0.39, 0.29) is 13.0 Å². The van der Waals surface area contributed by atoms with Crippen molar-refractivity contribution in [2.24, 2.45) is 5.73 Å². The van der Waals surface area contributed by atoms with Crippen molar-refractivity contribution in [2.45, 2.75) is 45.8 Å². The van der Waals surface area contributed by atoms with Gasteiger partial charge in [0.2, 0.25) is 0 Å². The minimum atomic E-state index is -1.03. The molecule has 0 aromatic carbocycles. The molecule has 6 nitrogen and oxygen atoms in total. The lowest BCUT2D eigenvalue weighted by Crippen LogP contribution is -2.39. The summed E-state index contributed by atoms with van der Waals surface area (Å²) in [5, 5.41) is 0. The lowest BCUT2D eigenvalue weighted by atomic mass is 10.1. The molecule has 0 aliphatic heterocycles. The number of nitrogens with two attached hydrogens (primary N) is 1. The normalized spacial score (nSPS) is 12.8. The minimum Gasteiger partial charge on any atom is -0.459 e. The summed E-state index contributed by atoms with van der Waals surface area (Å²) in [7, 11) is 0. The van der Waals surface area contributed by atoms with Crippen molar-refractivity contribution in [3.8, 4) is 0 Å². The Labute approximate surface area is 100 Å². The highest BCUT2D eigenvalue weighted by atomic mass is 16.6. The van der Waals surface area contributed by atoms with Gasteiger partial charge < -0.3 is 15.2 Å². The van der Waals surface area contributed by atoms with Crippen molar-refractivity contribution in [1.82, 2.24) is 0 Å². The topological polar surface area (TPSA) is 95.7 Å². The summed E-state index contributed by atoms with van der Waals surface area (Å²) in [6.45, 7) is 5.95. The number of rotatable bonds is 5. The molecule has 0 fully saturated rings. The molecule has 0 saturated heterocycles. The van der Waals surface area contributed by atoms with Crippen LogP contribution in [0.2, 0.25) is 0 Å². The van der Waals surface area contributed by atoms with Crippen LogP contribution in [-0.2, 0) is 23.9 Å². The molecule has 0 aliphatic carbocycles. The van der Waals surface area contributed by atoms with Crippen LogP contribution in [0.15, 0.2) is 0 Å². The SMILES string of the molecule is CC(=O)OCC(=O)CC(N)C(=O)OC(C)(C)C. The first-order chi connectivity index (χ1) is 7.61. The maximum Gasteiger partial charge on any atom is 0.323 e. The first kappa shape index (κ1) is 15.6. The zero-order chi connectivity index (χ0) is 13.6. The van der Waals surface area contributed by atoms with E-state index in [1.807, 2.05) is 0 Å². The van der Waals surface area contributed by atoms with Gasteiger partial charge >= 0.3 is 11.9 Å². The van der Waals surface area contributed by atoms with Gasteiger partial charge in [-0.05, 0) is 20.8 Å². The van der Waals surface area contributed by atoms with E-state index in [0.29, 0.717) is 0 Å². The summed E-state index contributed by atoms with van der Waals surface area (Å²) >= 11 is 0. The third-order valence-corrected chi connectivity index (χ3v) is 1.59. The third-order valence-electron chi connectivity index (χ3n) is 1.59. The molecule has 2 N–H and O–H groups in total. The minimum absolute atomic E-state index is 0.206. The molecule has 0 amide bonds. The van der Waals surface area contributed by atoms with Gasteiger partial charge in [0, 0.05) is 13.3 Å². The van der Waals surface area contributed by atoms with Crippen molar-refractivity contribution in [3.05, 3.63) is 0 Å². The van der Waals surface area contributed by atoms with Gasteiger partial charge in [-0.15, -0.1) is 0 Å². The summed E-state index contributed by atoms with van der Waals surface area (Å²) in [5.74, 6) is -1.61. The molecule has 0 bridgehead atoms. The summed E-state index contributed by atoms with van der Waals surface area (Å²) < 4.78 is 9.49. The van der Waals surface area contributed by atoms with E-state index in [1.165, 1.54) is 6.92 Å². The molecule has 0 spiro atoms. The lowest BCUT2D eigenvalue weighted by molar-refractivity contribution is -0.157. The molecule has 1 unspecified atom stereocenters. The van der Waals surface area contributed by atoms with Gasteiger partial charge in [0.05, 0.1) is 0 Å². The Bertz CT molecular complexity index is 305. The summed E-state index contributed by atoms with van der Waals surface area (Å²) in [6.07, 6.45) is -0.206. The summed E-state index contributed by atoms with van der Waals surface area (Å²) in [6, 6.07) is -1.03. The predicted octanol–water partition coefficient (Wildman–Crippen LogP) is 0.178. The highest BCUT2D eigenvalue weighted by molar-refractivity contribution is 5.88. The second-order valence-corrected chi connectivity index (χ2v) is 4.66. The first-order valence-electron chi connectivity index (χ1n) is 5.25. The number of hydrogen-bond donors (Lipinski definition) is 1. The van der Waals surface area contributed by atoms with E-state index >= 15 is 0 Å². The van der Waals surface area contributed by atoms with Gasteiger partial charge in [0.15, 0.2) is 5.78 Å². The zero-order valence-corrected chi connectivity index (χ0v) is 10.6. The molecule has 98 valence electrons. The molecule has 6 heteroatoms. The number of hydrogen-bond acceptors (Lipinski definition) is 6. The van der Waals surface area contributed by atoms with Gasteiger partial charge in [-0.2, -0.15) is 0 Å². The van der Waals surface area contributed by atoms with Crippen molar-refractivity contribution in [2.75, 3.05) is 6.61 Å². The fraction of sp³-hybridized carbons (Fsp3) is 0.727. The third kappa shape index (κ3) is 8.38. The molecule has 0 radical (unpaired) electrons. The largest absolute Gasteiger partial charge is 0.459 e. The Hall–Kier alpha value is -1.43. The second-order valence-electron chi connectivity index (χ2n) is 4.66. The van der Waals surface area contributed by atoms with Gasteiger partial charge in [0.1, 0.15) is 18.2 Å². The van der Waals surface area contributed by atoms with Crippen LogP contribution in [0.5, 0.6) is 0 Å². The molecule has 1 atom stereocenters. The Morgan fingerprint density at radius 1 is 1.24 bits per heavy atom. The maximum atomic E-state index is 11.4. The molecule has 0 heterocycles. The average Bonchev–Trinajstić information content (AvgIpc) is 2.11. The van der Waals surface area contributed by atoms with Crippen molar-refractivity contribution in [3.63, 3.8) is 0 Å². The van der Waals surface area contributed by atoms with Crippen LogP contribution in [0.25, 0.3) is 0 Å². The van der Waals surface area contributed by atoms with E-state index in [0.717, 1.165) is 0 Å². The van der Waals surface area contributed by atoms with Crippen LogP contribution in [0, 0.1) is 0 Å². The van der Waals surface area contributed by atoms with Gasteiger partial charge in [0.25, 0.3) is 0 Å². The van der Waals surface area contributed by atoms with Crippen LogP contribution < -0.4 is 5.73 Å². The summed E-state index contributed by atoms with van der Waals surface area (Å²) in [4.78, 5) is 33.1. The standard InChI is InChI=1S/C11H19NO5/c1-7(13)16-6-8(14)5-9(12)10(15)17-11(2,3)4/h9H,5-6,12H2,1-4H3. The summed E-state index contributed by atoms with van der Waals surface area (Å²) in [5.41, 5.74) is 4.85. The maximum absolute atomic E-state index is 11.4. The Kier molecular flexibility index (Phi) is 5.81. The van der Waals surface area contributed by atoms with Crippen LogP contribution in [0.3, 0.4) is 0 Å². The first-order valence-corrected chi connectivity index (χ1v) is 5.25. The van der Waals surface area contributed by atoms with Crippen molar-refractivity contribution >= 4 is 17.7 Å². The fourth-order valence-electron chi connectivity index (χ4n) is 0.947. The molecule has 0 saturated carbocycles. The zero-order valence-electron chi connectivity index (χ0n) is 10.6. The predicted molar refractivity (Wildman–Crippen MR) is 60.1 cm³/mol. The molecular weight excluding hydrogens is 226 g/mol. The monoisotopic (exact) mass is 245 g/mol. The molecule has 0 aliphatic rings. The van der Waals surface area contributed by atoms with Crippen LogP contribution in [0.1, 0.15) is 34.1 Å². The molecule has 0 rings (SSSR count). The number of ketones is 1. The number of esters is 2. The number of carbonyl (C=O) groups excluding carboxylic acids is 3. The average molecular weight is 245 g/mol. The van der Waals surface area contributed by atoms with E-state index in [2.05, 4.69) is 4.74 Å².